The fraction of sp³-hybridized carbons (Fsp3) is 0.421. The van der Waals surface area contributed by atoms with Crippen LogP contribution in [0.1, 0.15) is 47.1 Å². The first-order valence-electron chi connectivity index (χ1n) is 8.35. The van der Waals surface area contributed by atoms with Crippen LogP contribution in [0.4, 0.5) is 11.6 Å². The molecule has 0 spiro atoms. The summed E-state index contributed by atoms with van der Waals surface area (Å²) in [5, 5.41) is 2.93. The molecule has 5 heteroatoms. The molecule has 0 fully saturated rings. The number of aryl methyl sites for hydroxylation is 3. The molecule has 0 unspecified atom stereocenters. The predicted octanol–water partition coefficient (Wildman–Crippen LogP) is 3.89. The van der Waals surface area contributed by atoms with Crippen LogP contribution in [0, 0.1) is 20.8 Å². The summed E-state index contributed by atoms with van der Waals surface area (Å²) in [6.45, 7) is 8.93. The number of amides is 1. The van der Waals surface area contributed by atoms with Gasteiger partial charge in [0.25, 0.3) is 5.91 Å². The standard InChI is InChI=1S/C19H26N4O/c1-6-7-8-23(5)19-20-15(4)12-17(22-19)18(24)21-16-10-13(2)9-14(3)11-16/h9-12H,6-8H2,1-5H3,(H,21,24). The molecule has 0 aliphatic rings. The van der Waals surface area contributed by atoms with Crippen LogP contribution < -0.4 is 10.2 Å². The first kappa shape index (κ1) is 17.9. The van der Waals surface area contributed by atoms with Crippen LogP contribution in [0.2, 0.25) is 0 Å². The molecular weight excluding hydrogens is 300 g/mol. The van der Waals surface area contributed by atoms with E-state index in [0.717, 1.165) is 41.9 Å². The SMILES string of the molecule is CCCCN(C)c1nc(C)cc(C(=O)Nc2cc(C)cc(C)c2)n1. The maximum Gasteiger partial charge on any atom is 0.274 e. The van der Waals surface area contributed by atoms with Crippen molar-refractivity contribution in [3.05, 3.63) is 46.8 Å². The van der Waals surface area contributed by atoms with E-state index in [4.69, 9.17) is 0 Å². The van der Waals surface area contributed by atoms with E-state index in [1.165, 1.54) is 0 Å². The van der Waals surface area contributed by atoms with Gasteiger partial charge in [0.2, 0.25) is 5.95 Å². The molecule has 2 rings (SSSR count). The Hall–Kier alpha value is -2.43. The van der Waals surface area contributed by atoms with Crippen molar-refractivity contribution in [1.29, 1.82) is 0 Å². The summed E-state index contributed by atoms with van der Waals surface area (Å²) in [5.74, 6) is 0.379. The summed E-state index contributed by atoms with van der Waals surface area (Å²) in [5.41, 5.74) is 4.19. The van der Waals surface area contributed by atoms with Crippen molar-refractivity contribution in [2.45, 2.75) is 40.5 Å². The quantitative estimate of drug-likeness (QED) is 0.875. The zero-order chi connectivity index (χ0) is 17.7. The lowest BCUT2D eigenvalue weighted by molar-refractivity contribution is 0.102. The Bertz CT molecular complexity index is 707. The molecule has 0 radical (unpaired) electrons. The van der Waals surface area contributed by atoms with E-state index in [9.17, 15) is 4.79 Å². The second kappa shape index (κ2) is 7.90. The number of hydrogen-bond donors (Lipinski definition) is 1. The summed E-state index contributed by atoms with van der Waals surface area (Å²) in [7, 11) is 1.95. The smallest absolute Gasteiger partial charge is 0.274 e. The van der Waals surface area contributed by atoms with Crippen molar-refractivity contribution in [3.63, 3.8) is 0 Å². The number of nitrogens with zero attached hydrogens (tertiary/aromatic N) is 3. The Kier molecular flexibility index (Phi) is 5.90. The van der Waals surface area contributed by atoms with Crippen LogP contribution in [0.5, 0.6) is 0 Å². The van der Waals surface area contributed by atoms with Crippen LogP contribution in [-0.4, -0.2) is 29.5 Å². The van der Waals surface area contributed by atoms with Crippen LogP contribution in [0.3, 0.4) is 0 Å². The van der Waals surface area contributed by atoms with E-state index in [-0.39, 0.29) is 5.91 Å². The molecule has 0 atom stereocenters. The molecule has 0 aliphatic heterocycles. The molecule has 0 saturated carbocycles. The van der Waals surface area contributed by atoms with Crippen molar-refractivity contribution in [2.75, 3.05) is 23.8 Å². The molecule has 5 nitrogen and oxygen atoms in total. The summed E-state index contributed by atoms with van der Waals surface area (Å²) in [6.07, 6.45) is 2.17. The van der Waals surface area contributed by atoms with Crippen LogP contribution in [-0.2, 0) is 0 Å². The maximum atomic E-state index is 12.6. The van der Waals surface area contributed by atoms with Crippen LogP contribution in [0.15, 0.2) is 24.3 Å². The Balaban J connectivity index is 2.21. The number of benzene rings is 1. The van der Waals surface area contributed by atoms with Crippen molar-refractivity contribution in [3.8, 4) is 0 Å². The summed E-state index contributed by atoms with van der Waals surface area (Å²) >= 11 is 0. The van der Waals surface area contributed by atoms with Crippen molar-refractivity contribution in [2.24, 2.45) is 0 Å². The van der Waals surface area contributed by atoms with Gasteiger partial charge in [-0.05, 0) is 56.5 Å². The second-order valence-corrected chi connectivity index (χ2v) is 6.30. The van der Waals surface area contributed by atoms with E-state index in [2.05, 4.69) is 28.3 Å². The van der Waals surface area contributed by atoms with Gasteiger partial charge in [0, 0.05) is 25.0 Å². The van der Waals surface area contributed by atoms with Crippen molar-refractivity contribution >= 4 is 17.5 Å². The van der Waals surface area contributed by atoms with Gasteiger partial charge in [0.05, 0.1) is 0 Å². The predicted molar refractivity (Wildman–Crippen MR) is 98.8 cm³/mol. The molecule has 1 heterocycles. The minimum atomic E-state index is -0.212. The number of rotatable bonds is 6. The molecule has 0 aliphatic carbocycles. The third kappa shape index (κ3) is 4.78. The Morgan fingerprint density at radius 1 is 1.08 bits per heavy atom. The van der Waals surface area contributed by atoms with E-state index < -0.39 is 0 Å². The molecule has 1 aromatic heterocycles. The lowest BCUT2D eigenvalue weighted by Gasteiger charge is -2.17. The normalized spacial score (nSPS) is 10.5. The van der Waals surface area contributed by atoms with Gasteiger partial charge in [0.15, 0.2) is 0 Å². The van der Waals surface area contributed by atoms with E-state index >= 15 is 0 Å². The average molecular weight is 326 g/mol. The minimum Gasteiger partial charge on any atom is -0.344 e. The highest BCUT2D eigenvalue weighted by molar-refractivity contribution is 6.03. The molecule has 1 aromatic carbocycles. The Morgan fingerprint density at radius 3 is 2.38 bits per heavy atom. The molecule has 1 amide bonds. The Labute approximate surface area is 144 Å². The van der Waals surface area contributed by atoms with Gasteiger partial charge in [-0.1, -0.05) is 19.4 Å². The van der Waals surface area contributed by atoms with Gasteiger partial charge in [-0.2, -0.15) is 0 Å². The van der Waals surface area contributed by atoms with Crippen molar-refractivity contribution < 1.29 is 4.79 Å². The van der Waals surface area contributed by atoms with Gasteiger partial charge in [-0.3, -0.25) is 4.79 Å². The number of anilines is 2. The molecule has 1 N–H and O–H groups in total. The van der Waals surface area contributed by atoms with Gasteiger partial charge in [-0.25, -0.2) is 9.97 Å². The van der Waals surface area contributed by atoms with Crippen molar-refractivity contribution in [1.82, 2.24) is 9.97 Å². The van der Waals surface area contributed by atoms with Gasteiger partial charge < -0.3 is 10.2 Å². The van der Waals surface area contributed by atoms with Crippen LogP contribution in [0.25, 0.3) is 0 Å². The maximum absolute atomic E-state index is 12.6. The lowest BCUT2D eigenvalue weighted by Crippen LogP contribution is -2.23. The average Bonchev–Trinajstić information content (AvgIpc) is 2.50. The van der Waals surface area contributed by atoms with E-state index in [1.807, 2.05) is 44.9 Å². The highest BCUT2D eigenvalue weighted by Crippen LogP contribution is 2.16. The third-order valence-electron chi connectivity index (χ3n) is 3.74. The highest BCUT2D eigenvalue weighted by Gasteiger charge is 2.13. The second-order valence-electron chi connectivity index (χ2n) is 6.30. The van der Waals surface area contributed by atoms with E-state index in [1.54, 1.807) is 6.07 Å². The first-order chi connectivity index (χ1) is 11.4. The summed E-state index contributed by atoms with van der Waals surface area (Å²) in [6, 6.07) is 7.70. The molecule has 0 saturated heterocycles. The molecule has 0 bridgehead atoms. The fourth-order valence-corrected chi connectivity index (χ4v) is 2.58. The number of hydrogen-bond acceptors (Lipinski definition) is 4. The molecule has 2 aromatic rings. The minimum absolute atomic E-state index is 0.212. The third-order valence-corrected chi connectivity index (χ3v) is 3.74. The monoisotopic (exact) mass is 326 g/mol. The Morgan fingerprint density at radius 2 is 1.75 bits per heavy atom. The number of carbonyl (C=O) groups is 1. The lowest BCUT2D eigenvalue weighted by atomic mass is 10.1. The zero-order valence-electron chi connectivity index (χ0n) is 15.2. The number of carbonyl (C=O) groups excluding carboxylic acids is 1. The van der Waals surface area contributed by atoms with Gasteiger partial charge in [0.1, 0.15) is 5.69 Å². The highest BCUT2D eigenvalue weighted by atomic mass is 16.1. The van der Waals surface area contributed by atoms with Gasteiger partial charge >= 0.3 is 0 Å². The zero-order valence-corrected chi connectivity index (χ0v) is 15.2. The fourth-order valence-electron chi connectivity index (χ4n) is 2.58. The largest absolute Gasteiger partial charge is 0.344 e. The number of aromatic nitrogens is 2. The van der Waals surface area contributed by atoms with Gasteiger partial charge in [-0.15, -0.1) is 0 Å². The summed E-state index contributed by atoms with van der Waals surface area (Å²) < 4.78 is 0. The summed E-state index contributed by atoms with van der Waals surface area (Å²) in [4.78, 5) is 23.4. The van der Waals surface area contributed by atoms with Crippen LogP contribution >= 0.6 is 0 Å². The number of unbranched alkanes of at least 4 members (excludes halogenated alkanes) is 1. The topological polar surface area (TPSA) is 58.1 Å². The molecular formula is C19H26N4O. The molecule has 24 heavy (non-hydrogen) atoms. The van der Waals surface area contributed by atoms with E-state index in [0.29, 0.717) is 11.6 Å². The first-order valence-corrected chi connectivity index (χ1v) is 8.35. The molecule has 128 valence electrons. The number of nitrogens with one attached hydrogen (secondary N) is 1.